The van der Waals surface area contributed by atoms with Crippen molar-refractivity contribution >= 4 is 22.3 Å². The van der Waals surface area contributed by atoms with Crippen molar-refractivity contribution in [1.29, 1.82) is 0 Å². The van der Waals surface area contributed by atoms with E-state index < -0.39 is 5.97 Å². The molecule has 21 heavy (non-hydrogen) atoms. The lowest BCUT2D eigenvalue weighted by atomic mass is 10.1. The van der Waals surface area contributed by atoms with Crippen LogP contribution < -0.4 is 4.74 Å². The predicted octanol–water partition coefficient (Wildman–Crippen LogP) is 3.00. The summed E-state index contributed by atoms with van der Waals surface area (Å²) in [7, 11) is 1.65. The van der Waals surface area contributed by atoms with Crippen LogP contribution in [0.1, 0.15) is 26.6 Å². The van der Waals surface area contributed by atoms with Crippen LogP contribution in [-0.4, -0.2) is 27.6 Å². The molecular weight excluding hydrogens is 288 g/mol. The van der Waals surface area contributed by atoms with E-state index in [0.717, 1.165) is 17.9 Å². The van der Waals surface area contributed by atoms with E-state index in [0.29, 0.717) is 4.96 Å². The van der Waals surface area contributed by atoms with Crippen LogP contribution >= 0.6 is 11.3 Å². The Labute approximate surface area is 125 Å². The molecule has 5 nitrogen and oxygen atoms in total. The Kier molecular flexibility index (Phi) is 3.39. The number of benzene rings is 1. The van der Waals surface area contributed by atoms with Gasteiger partial charge in [-0.15, -0.1) is 11.3 Å². The molecule has 0 saturated carbocycles. The van der Waals surface area contributed by atoms with Crippen molar-refractivity contribution in [3.63, 3.8) is 0 Å². The smallest absolute Gasteiger partial charge is 0.356 e. The van der Waals surface area contributed by atoms with Crippen molar-refractivity contribution in [2.24, 2.45) is 0 Å². The fourth-order valence-electron chi connectivity index (χ4n) is 2.19. The van der Waals surface area contributed by atoms with Gasteiger partial charge in [0.1, 0.15) is 5.75 Å². The number of aryl methyl sites for hydroxylation is 1. The zero-order valence-electron chi connectivity index (χ0n) is 11.7. The zero-order chi connectivity index (χ0) is 15.0. The molecule has 0 fully saturated rings. The van der Waals surface area contributed by atoms with Crippen molar-refractivity contribution < 1.29 is 14.6 Å². The molecule has 0 amide bonds. The highest BCUT2D eigenvalue weighted by atomic mass is 32.1. The fraction of sp³-hybridized carbons (Fsp3) is 0.200. The number of aromatic carboxylic acids is 1. The molecule has 0 aliphatic heterocycles. The van der Waals surface area contributed by atoms with Crippen molar-refractivity contribution in [3.8, 4) is 5.75 Å². The lowest BCUT2D eigenvalue weighted by molar-refractivity contribution is 0.0691. The molecule has 1 aromatic carbocycles. The van der Waals surface area contributed by atoms with E-state index in [9.17, 15) is 4.79 Å². The monoisotopic (exact) mass is 302 g/mol. The van der Waals surface area contributed by atoms with Crippen LogP contribution in [0.4, 0.5) is 0 Å². The van der Waals surface area contributed by atoms with Gasteiger partial charge in [0, 0.05) is 23.2 Å². The van der Waals surface area contributed by atoms with Gasteiger partial charge < -0.3 is 9.84 Å². The first kappa shape index (κ1) is 13.6. The number of carboxylic acids is 1. The van der Waals surface area contributed by atoms with Gasteiger partial charge in [-0.25, -0.2) is 9.78 Å². The van der Waals surface area contributed by atoms with Crippen LogP contribution in [0.3, 0.4) is 0 Å². The predicted molar refractivity (Wildman–Crippen MR) is 80.6 cm³/mol. The molecule has 2 heterocycles. The van der Waals surface area contributed by atoms with E-state index in [1.807, 2.05) is 35.6 Å². The molecule has 2 aromatic heterocycles. The summed E-state index contributed by atoms with van der Waals surface area (Å²) in [6, 6.07) is 7.94. The number of fused-ring (bicyclic) bond motifs is 1. The van der Waals surface area contributed by atoms with Gasteiger partial charge in [-0.1, -0.05) is 12.1 Å². The normalized spacial score (nSPS) is 11.0. The summed E-state index contributed by atoms with van der Waals surface area (Å²) in [5, 5.41) is 8.97. The molecule has 0 atom stereocenters. The quantitative estimate of drug-likeness (QED) is 0.804. The topological polar surface area (TPSA) is 63.8 Å². The van der Waals surface area contributed by atoms with Gasteiger partial charge in [0.2, 0.25) is 0 Å². The fourth-order valence-corrected chi connectivity index (χ4v) is 3.33. The van der Waals surface area contributed by atoms with Crippen molar-refractivity contribution in [1.82, 2.24) is 9.38 Å². The summed E-state index contributed by atoms with van der Waals surface area (Å²) in [6.07, 6.45) is 2.37. The molecular formula is C15H14N2O3S. The van der Waals surface area contributed by atoms with Crippen molar-refractivity contribution in [3.05, 3.63) is 52.3 Å². The molecule has 3 aromatic rings. The molecule has 0 bridgehead atoms. The third-order valence-corrected chi connectivity index (χ3v) is 4.55. The first-order chi connectivity index (χ1) is 10.1. The molecule has 0 aliphatic rings. The third-order valence-electron chi connectivity index (χ3n) is 3.40. The van der Waals surface area contributed by atoms with Crippen molar-refractivity contribution in [2.45, 2.75) is 13.3 Å². The second kappa shape index (κ2) is 5.21. The molecule has 108 valence electrons. The number of nitrogens with zero attached hydrogens (tertiary/aromatic N) is 2. The summed E-state index contributed by atoms with van der Waals surface area (Å²) in [5.74, 6) is -0.162. The van der Waals surface area contributed by atoms with Gasteiger partial charge in [-0.2, -0.15) is 0 Å². The largest absolute Gasteiger partial charge is 0.497 e. The third kappa shape index (κ3) is 2.50. The van der Waals surface area contributed by atoms with Crippen LogP contribution in [0.5, 0.6) is 5.75 Å². The first-order valence-corrected chi connectivity index (χ1v) is 7.23. The minimum Gasteiger partial charge on any atom is -0.497 e. The Hall–Kier alpha value is -2.34. The minimum atomic E-state index is -0.998. The van der Waals surface area contributed by atoms with Crippen LogP contribution in [-0.2, 0) is 6.42 Å². The number of carboxylic acid groups (broad SMARTS) is 1. The Bertz CT molecular complexity index is 802. The van der Waals surface area contributed by atoms with Gasteiger partial charge >= 0.3 is 5.97 Å². The summed E-state index contributed by atoms with van der Waals surface area (Å²) in [5.41, 5.74) is 2.30. The van der Waals surface area contributed by atoms with E-state index in [-0.39, 0.29) is 5.69 Å². The molecule has 3 rings (SSSR count). The number of hydrogen-bond acceptors (Lipinski definition) is 4. The average Bonchev–Trinajstić information content (AvgIpc) is 3.01. The minimum absolute atomic E-state index is 0.0837. The highest BCUT2D eigenvalue weighted by Crippen LogP contribution is 2.26. The summed E-state index contributed by atoms with van der Waals surface area (Å²) >= 11 is 1.52. The highest BCUT2D eigenvalue weighted by molar-refractivity contribution is 7.17. The lowest BCUT2D eigenvalue weighted by Crippen LogP contribution is -1.96. The maximum absolute atomic E-state index is 10.9. The number of carbonyl (C=O) groups is 1. The van der Waals surface area contributed by atoms with E-state index in [4.69, 9.17) is 9.84 Å². The van der Waals surface area contributed by atoms with Gasteiger partial charge in [-0.05, 0) is 24.6 Å². The van der Waals surface area contributed by atoms with Gasteiger partial charge in [0.15, 0.2) is 10.7 Å². The van der Waals surface area contributed by atoms with Gasteiger partial charge in [0.05, 0.1) is 7.11 Å². The van der Waals surface area contributed by atoms with Crippen LogP contribution in [0, 0.1) is 6.92 Å². The molecule has 0 unspecified atom stereocenters. The van der Waals surface area contributed by atoms with Gasteiger partial charge in [-0.3, -0.25) is 4.40 Å². The summed E-state index contributed by atoms with van der Waals surface area (Å²) in [6.45, 7) is 1.98. The van der Waals surface area contributed by atoms with Crippen molar-refractivity contribution in [2.75, 3.05) is 7.11 Å². The number of methoxy groups -OCH3 is 1. The highest BCUT2D eigenvalue weighted by Gasteiger charge is 2.15. The Balaban J connectivity index is 1.91. The molecule has 1 N–H and O–H groups in total. The number of thiazole rings is 1. The van der Waals surface area contributed by atoms with Gasteiger partial charge in [0.25, 0.3) is 0 Å². The first-order valence-electron chi connectivity index (χ1n) is 6.42. The average molecular weight is 302 g/mol. The SMILES string of the molecule is COc1ccc(Cc2sc3nc(C(=O)O)cn3c2C)cc1. The number of imidazole rings is 1. The molecule has 0 aliphatic carbocycles. The lowest BCUT2D eigenvalue weighted by Gasteiger charge is -2.03. The second-order valence-corrected chi connectivity index (χ2v) is 5.78. The molecule has 0 saturated heterocycles. The molecule has 6 heteroatoms. The summed E-state index contributed by atoms with van der Waals surface area (Å²) in [4.78, 5) is 17.0. The van der Waals surface area contributed by atoms with Crippen LogP contribution in [0.25, 0.3) is 4.96 Å². The molecule has 0 radical (unpaired) electrons. The summed E-state index contributed by atoms with van der Waals surface area (Å²) < 4.78 is 6.99. The maximum atomic E-state index is 10.9. The van der Waals surface area contributed by atoms with E-state index in [2.05, 4.69) is 4.98 Å². The standard InChI is InChI=1S/C15H14N2O3S/c1-9-13(7-10-3-5-11(20-2)6-4-10)21-15-16-12(14(18)19)8-17(9)15/h3-6,8H,7H2,1-2H3,(H,18,19). The number of hydrogen-bond donors (Lipinski definition) is 1. The Morgan fingerprint density at radius 1 is 1.38 bits per heavy atom. The number of aromatic nitrogens is 2. The van der Waals surface area contributed by atoms with E-state index in [1.165, 1.54) is 21.8 Å². The number of rotatable bonds is 4. The number of ether oxygens (including phenoxy) is 1. The zero-order valence-corrected chi connectivity index (χ0v) is 12.5. The Morgan fingerprint density at radius 3 is 2.67 bits per heavy atom. The maximum Gasteiger partial charge on any atom is 0.356 e. The molecule has 0 spiro atoms. The second-order valence-electron chi connectivity index (χ2n) is 4.72. The van der Waals surface area contributed by atoms with E-state index in [1.54, 1.807) is 13.3 Å². The van der Waals surface area contributed by atoms with Crippen LogP contribution in [0.15, 0.2) is 30.5 Å². The van der Waals surface area contributed by atoms with Crippen LogP contribution in [0.2, 0.25) is 0 Å². The Morgan fingerprint density at radius 2 is 2.10 bits per heavy atom. The van der Waals surface area contributed by atoms with E-state index >= 15 is 0 Å².